The summed E-state index contributed by atoms with van der Waals surface area (Å²) >= 11 is 0. The number of fused-ring (bicyclic) bond motifs is 1. The second-order valence-electron chi connectivity index (χ2n) is 7.26. The molecular weight excluding hydrogens is 260 g/mol. The maximum atomic E-state index is 4.50. The highest BCUT2D eigenvalue weighted by Crippen LogP contribution is 2.28. The first-order valence-corrected chi connectivity index (χ1v) is 8.88. The molecule has 4 nitrogen and oxygen atoms in total. The zero-order valence-electron chi connectivity index (χ0n) is 13.7. The summed E-state index contributed by atoms with van der Waals surface area (Å²) in [4.78, 5) is 2.66. The Morgan fingerprint density at radius 2 is 2.05 bits per heavy atom. The molecule has 0 amide bonds. The van der Waals surface area contributed by atoms with Crippen LogP contribution in [0.3, 0.4) is 0 Å². The molecule has 0 radical (unpaired) electrons. The van der Waals surface area contributed by atoms with E-state index in [0.717, 1.165) is 18.9 Å². The van der Waals surface area contributed by atoms with Crippen LogP contribution in [0.5, 0.6) is 0 Å². The molecule has 0 unspecified atom stereocenters. The van der Waals surface area contributed by atoms with E-state index < -0.39 is 0 Å². The van der Waals surface area contributed by atoms with Gasteiger partial charge >= 0.3 is 0 Å². The molecule has 2 aliphatic rings. The van der Waals surface area contributed by atoms with E-state index in [4.69, 9.17) is 0 Å². The average molecular weight is 290 g/mol. The van der Waals surface area contributed by atoms with E-state index >= 15 is 0 Å². The second-order valence-corrected chi connectivity index (χ2v) is 7.26. The number of aryl methyl sites for hydroxylation is 1. The molecule has 1 saturated heterocycles. The molecule has 1 aromatic rings. The van der Waals surface area contributed by atoms with Crippen molar-refractivity contribution in [1.29, 1.82) is 0 Å². The van der Waals surface area contributed by atoms with E-state index in [2.05, 4.69) is 33.5 Å². The standard InChI is InChI=1S/C17H30N4/c1-14(2)7-3-4-10-20-11-5-8-15(13-20)17-19-18-16-9-6-12-21(16)17/h14-15H,3-13H2,1-2H3/t15-/m1/s1. The molecule has 2 aliphatic heterocycles. The monoisotopic (exact) mass is 290 g/mol. The molecular formula is C17H30N4. The minimum Gasteiger partial charge on any atom is -0.315 e. The van der Waals surface area contributed by atoms with Gasteiger partial charge in [0.05, 0.1) is 0 Å². The van der Waals surface area contributed by atoms with Gasteiger partial charge in [0, 0.05) is 25.4 Å². The fourth-order valence-electron chi connectivity index (χ4n) is 3.83. The molecule has 21 heavy (non-hydrogen) atoms. The van der Waals surface area contributed by atoms with Gasteiger partial charge in [-0.05, 0) is 44.7 Å². The summed E-state index contributed by atoms with van der Waals surface area (Å²) in [6.45, 7) is 9.53. The zero-order valence-corrected chi connectivity index (χ0v) is 13.7. The van der Waals surface area contributed by atoms with Gasteiger partial charge in [0.25, 0.3) is 0 Å². The van der Waals surface area contributed by atoms with Gasteiger partial charge in [0.2, 0.25) is 0 Å². The molecule has 0 spiro atoms. The lowest BCUT2D eigenvalue weighted by Crippen LogP contribution is -2.36. The third-order valence-corrected chi connectivity index (χ3v) is 5.01. The molecule has 1 aromatic heterocycles. The number of aromatic nitrogens is 3. The molecule has 1 atom stereocenters. The molecule has 0 bridgehead atoms. The van der Waals surface area contributed by atoms with Crippen molar-refractivity contribution in [2.24, 2.45) is 5.92 Å². The van der Waals surface area contributed by atoms with Crippen molar-refractivity contribution in [3.05, 3.63) is 11.6 Å². The zero-order chi connectivity index (χ0) is 14.7. The van der Waals surface area contributed by atoms with Crippen LogP contribution in [-0.2, 0) is 13.0 Å². The molecule has 3 rings (SSSR count). The third-order valence-electron chi connectivity index (χ3n) is 5.01. The molecule has 4 heteroatoms. The summed E-state index contributed by atoms with van der Waals surface area (Å²) in [5.74, 6) is 3.95. The normalized spacial score (nSPS) is 22.9. The fourth-order valence-corrected chi connectivity index (χ4v) is 3.83. The molecule has 1 fully saturated rings. The Labute approximate surface area is 128 Å². The van der Waals surface area contributed by atoms with E-state index in [9.17, 15) is 0 Å². The van der Waals surface area contributed by atoms with Crippen LogP contribution in [-0.4, -0.2) is 39.3 Å². The SMILES string of the molecule is CC(C)CCCCN1CCC[C@@H](c2nnc3n2CCC3)C1. The first-order valence-electron chi connectivity index (χ1n) is 8.88. The maximum Gasteiger partial charge on any atom is 0.137 e. The number of hydrogen-bond donors (Lipinski definition) is 0. The summed E-state index contributed by atoms with van der Waals surface area (Å²) in [6.07, 6.45) is 9.08. The third kappa shape index (κ3) is 3.65. The van der Waals surface area contributed by atoms with Crippen molar-refractivity contribution < 1.29 is 0 Å². The van der Waals surface area contributed by atoms with Gasteiger partial charge in [-0.2, -0.15) is 0 Å². The number of nitrogens with zero attached hydrogens (tertiary/aromatic N) is 4. The van der Waals surface area contributed by atoms with Crippen LogP contribution in [0.2, 0.25) is 0 Å². The van der Waals surface area contributed by atoms with Crippen molar-refractivity contribution in [1.82, 2.24) is 19.7 Å². The molecule has 118 valence electrons. The highest BCUT2D eigenvalue weighted by atomic mass is 15.3. The Balaban J connectivity index is 1.51. The van der Waals surface area contributed by atoms with E-state index in [1.807, 2.05) is 0 Å². The second kappa shape index (κ2) is 6.91. The molecule has 0 aromatic carbocycles. The lowest BCUT2D eigenvalue weighted by atomic mass is 9.96. The molecule has 0 aliphatic carbocycles. The van der Waals surface area contributed by atoms with Crippen LogP contribution in [0.1, 0.15) is 69.9 Å². The van der Waals surface area contributed by atoms with Crippen molar-refractivity contribution in [3.8, 4) is 0 Å². The fraction of sp³-hybridized carbons (Fsp3) is 0.882. The summed E-state index contributed by atoms with van der Waals surface area (Å²) in [5, 5.41) is 8.89. The van der Waals surface area contributed by atoms with Gasteiger partial charge in [-0.15, -0.1) is 10.2 Å². The van der Waals surface area contributed by atoms with Crippen LogP contribution in [0.4, 0.5) is 0 Å². The Kier molecular flexibility index (Phi) is 4.94. The predicted molar refractivity (Wildman–Crippen MR) is 85.4 cm³/mol. The van der Waals surface area contributed by atoms with Gasteiger partial charge in [0.15, 0.2) is 0 Å². The lowest BCUT2D eigenvalue weighted by Gasteiger charge is -2.32. The van der Waals surface area contributed by atoms with Crippen LogP contribution in [0.25, 0.3) is 0 Å². The van der Waals surface area contributed by atoms with Crippen LogP contribution >= 0.6 is 0 Å². The summed E-state index contributed by atoms with van der Waals surface area (Å²) in [7, 11) is 0. The van der Waals surface area contributed by atoms with Crippen molar-refractivity contribution in [3.63, 3.8) is 0 Å². The number of likely N-dealkylation sites (tertiary alicyclic amines) is 1. The van der Waals surface area contributed by atoms with E-state index in [1.54, 1.807) is 0 Å². The lowest BCUT2D eigenvalue weighted by molar-refractivity contribution is 0.197. The largest absolute Gasteiger partial charge is 0.315 e. The Hall–Kier alpha value is -0.900. The highest BCUT2D eigenvalue weighted by Gasteiger charge is 2.27. The Morgan fingerprint density at radius 3 is 2.90 bits per heavy atom. The molecule has 3 heterocycles. The van der Waals surface area contributed by atoms with E-state index in [-0.39, 0.29) is 0 Å². The molecule has 0 saturated carbocycles. The smallest absolute Gasteiger partial charge is 0.137 e. The minimum atomic E-state index is 0.614. The number of unbranched alkanes of at least 4 members (excludes halogenated alkanes) is 1. The maximum absolute atomic E-state index is 4.50. The predicted octanol–water partition coefficient (Wildman–Crippen LogP) is 3.23. The van der Waals surface area contributed by atoms with Crippen molar-refractivity contribution in [2.75, 3.05) is 19.6 Å². The van der Waals surface area contributed by atoms with Gasteiger partial charge in [0.1, 0.15) is 11.6 Å². The quantitative estimate of drug-likeness (QED) is 0.754. The summed E-state index contributed by atoms with van der Waals surface area (Å²) < 4.78 is 2.40. The van der Waals surface area contributed by atoms with Crippen LogP contribution < -0.4 is 0 Å². The molecule has 0 N–H and O–H groups in total. The minimum absolute atomic E-state index is 0.614. The Morgan fingerprint density at radius 1 is 1.14 bits per heavy atom. The number of rotatable bonds is 6. The first-order chi connectivity index (χ1) is 10.2. The Bertz CT molecular complexity index is 452. The van der Waals surface area contributed by atoms with Gasteiger partial charge in [-0.25, -0.2) is 0 Å². The average Bonchev–Trinajstić information content (AvgIpc) is 3.06. The van der Waals surface area contributed by atoms with Gasteiger partial charge in [-0.1, -0.05) is 26.7 Å². The van der Waals surface area contributed by atoms with Crippen LogP contribution in [0, 0.1) is 5.92 Å². The van der Waals surface area contributed by atoms with E-state index in [1.165, 1.54) is 69.8 Å². The van der Waals surface area contributed by atoms with Crippen LogP contribution in [0.15, 0.2) is 0 Å². The summed E-state index contributed by atoms with van der Waals surface area (Å²) in [6, 6.07) is 0. The topological polar surface area (TPSA) is 34.0 Å². The highest BCUT2D eigenvalue weighted by molar-refractivity contribution is 5.07. The number of hydrogen-bond acceptors (Lipinski definition) is 3. The van der Waals surface area contributed by atoms with Crippen molar-refractivity contribution in [2.45, 2.75) is 71.3 Å². The summed E-state index contributed by atoms with van der Waals surface area (Å²) in [5.41, 5.74) is 0. The van der Waals surface area contributed by atoms with Gasteiger partial charge in [-0.3, -0.25) is 0 Å². The first kappa shape index (κ1) is 15.0. The van der Waals surface area contributed by atoms with Crippen molar-refractivity contribution >= 4 is 0 Å². The number of piperidine rings is 1. The van der Waals surface area contributed by atoms with E-state index in [0.29, 0.717) is 5.92 Å². The van der Waals surface area contributed by atoms with Gasteiger partial charge < -0.3 is 9.47 Å².